The minimum absolute atomic E-state index is 0.134. The molecule has 0 aliphatic carbocycles. The first-order valence-electron chi connectivity index (χ1n) is 11.8. The molecule has 0 N–H and O–H groups in total. The van der Waals surface area contributed by atoms with Crippen LogP contribution in [0.4, 0.5) is 0 Å². The molecular formula is C27H32N2O4. The van der Waals surface area contributed by atoms with Gasteiger partial charge in [0.25, 0.3) is 5.91 Å². The predicted octanol–water partition coefficient (Wildman–Crippen LogP) is 4.78. The molecular weight excluding hydrogens is 416 g/mol. The first-order valence-corrected chi connectivity index (χ1v) is 11.8. The van der Waals surface area contributed by atoms with Gasteiger partial charge in [0, 0.05) is 13.1 Å². The van der Waals surface area contributed by atoms with Crippen LogP contribution in [0.5, 0.6) is 5.75 Å². The highest BCUT2D eigenvalue weighted by Gasteiger charge is 2.42. The molecule has 1 atom stereocenters. The molecule has 6 nitrogen and oxygen atoms in total. The summed E-state index contributed by atoms with van der Waals surface area (Å²) in [5.41, 5.74) is 2.60. The maximum absolute atomic E-state index is 13.6. The highest BCUT2D eigenvalue weighted by molar-refractivity contribution is 5.99. The Labute approximate surface area is 194 Å². The molecule has 33 heavy (non-hydrogen) atoms. The van der Waals surface area contributed by atoms with Crippen LogP contribution in [0.15, 0.2) is 51.7 Å². The number of carbonyl (C=O) groups is 1. The second kappa shape index (κ2) is 9.79. The van der Waals surface area contributed by atoms with Gasteiger partial charge >= 0.3 is 0 Å². The monoisotopic (exact) mass is 448 g/mol. The van der Waals surface area contributed by atoms with Crippen LogP contribution >= 0.6 is 0 Å². The third-order valence-electron chi connectivity index (χ3n) is 6.34. The quantitative estimate of drug-likeness (QED) is 0.472. The van der Waals surface area contributed by atoms with Crippen molar-refractivity contribution in [2.75, 3.05) is 32.8 Å². The number of rotatable bonds is 9. The van der Waals surface area contributed by atoms with Gasteiger partial charge in [-0.05, 0) is 56.3 Å². The van der Waals surface area contributed by atoms with Crippen molar-refractivity contribution >= 4 is 16.9 Å². The van der Waals surface area contributed by atoms with E-state index in [0.29, 0.717) is 29.7 Å². The molecule has 6 heteroatoms. The Kier molecular flexibility index (Phi) is 6.84. The molecule has 1 aliphatic heterocycles. The lowest BCUT2D eigenvalue weighted by atomic mass is 9.98. The van der Waals surface area contributed by atoms with E-state index < -0.39 is 6.04 Å². The summed E-state index contributed by atoms with van der Waals surface area (Å²) in [6.45, 7) is 11.9. The lowest BCUT2D eigenvalue weighted by Gasteiger charge is -2.28. The van der Waals surface area contributed by atoms with E-state index in [4.69, 9.17) is 9.15 Å². The number of benzene rings is 2. The standard InChI is InChI=1S/C27H32N2O4/c1-5-16-32-20-11-9-19(10-12-20)24-23-25(30)21-17-18(4)8-13-22(21)33-26(23)27(31)29(24)15-14-28(6-2)7-3/h8-13,17,24H,5-7,14-16H2,1-4H3/t24-/m0/s1. The van der Waals surface area contributed by atoms with Crippen LogP contribution in [-0.2, 0) is 0 Å². The van der Waals surface area contributed by atoms with Crippen molar-refractivity contribution in [3.63, 3.8) is 0 Å². The molecule has 1 amide bonds. The zero-order valence-electron chi connectivity index (χ0n) is 19.9. The van der Waals surface area contributed by atoms with Crippen LogP contribution in [0.3, 0.4) is 0 Å². The fraction of sp³-hybridized carbons (Fsp3) is 0.407. The number of ether oxygens (including phenoxy) is 1. The summed E-state index contributed by atoms with van der Waals surface area (Å²) in [7, 11) is 0. The van der Waals surface area contributed by atoms with Crippen LogP contribution in [0.1, 0.15) is 60.5 Å². The molecule has 0 unspecified atom stereocenters. The van der Waals surface area contributed by atoms with Crippen LogP contribution in [0.25, 0.3) is 11.0 Å². The number of aryl methyl sites for hydroxylation is 1. The largest absolute Gasteiger partial charge is 0.494 e. The number of hydrogen-bond acceptors (Lipinski definition) is 5. The zero-order chi connectivity index (χ0) is 23.5. The maximum Gasteiger partial charge on any atom is 0.290 e. The Balaban J connectivity index is 1.81. The number of carbonyl (C=O) groups excluding carboxylic acids is 1. The maximum atomic E-state index is 13.6. The fourth-order valence-electron chi connectivity index (χ4n) is 4.47. The van der Waals surface area contributed by atoms with Gasteiger partial charge in [-0.2, -0.15) is 0 Å². The first-order chi connectivity index (χ1) is 16.0. The molecule has 1 aromatic heterocycles. The van der Waals surface area contributed by atoms with E-state index in [1.807, 2.05) is 43.3 Å². The van der Waals surface area contributed by atoms with Gasteiger partial charge in [0.15, 0.2) is 5.43 Å². The van der Waals surface area contributed by atoms with Crippen molar-refractivity contribution in [1.29, 1.82) is 0 Å². The summed E-state index contributed by atoms with van der Waals surface area (Å²) in [5.74, 6) is 0.709. The molecule has 4 rings (SSSR count). The van der Waals surface area contributed by atoms with Gasteiger partial charge in [-0.1, -0.05) is 44.5 Å². The van der Waals surface area contributed by atoms with Gasteiger partial charge in [0.2, 0.25) is 5.76 Å². The van der Waals surface area contributed by atoms with Crippen molar-refractivity contribution in [2.24, 2.45) is 0 Å². The summed E-state index contributed by atoms with van der Waals surface area (Å²) < 4.78 is 11.8. The molecule has 1 aliphatic rings. The van der Waals surface area contributed by atoms with E-state index in [9.17, 15) is 9.59 Å². The Morgan fingerprint density at radius 2 is 1.76 bits per heavy atom. The van der Waals surface area contributed by atoms with Crippen LogP contribution < -0.4 is 10.2 Å². The molecule has 2 aromatic carbocycles. The van der Waals surface area contributed by atoms with Crippen molar-refractivity contribution in [3.05, 3.63) is 75.1 Å². The summed E-state index contributed by atoms with van der Waals surface area (Å²) >= 11 is 0. The molecule has 2 heterocycles. The number of nitrogens with zero attached hydrogens (tertiary/aromatic N) is 2. The van der Waals surface area contributed by atoms with E-state index in [0.717, 1.165) is 42.9 Å². The molecule has 3 aromatic rings. The van der Waals surface area contributed by atoms with Crippen molar-refractivity contribution < 1.29 is 13.9 Å². The molecule has 174 valence electrons. The normalized spacial score (nSPS) is 15.5. The second-order valence-corrected chi connectivity index (χ2v) is 8.52. The highest BCUT2D eigenvalue weighted by Crippen LogP contribution is 2.38. The van der Waals surface area contributed by atoms with Crippen molar-refractivity contribution in [1.82, 2.24) is 9.80 Å². The summed E-state index contributed by atoms with van der Waals surface area (Å²) in [6.07, 6.45) is 0.929. The van der Waals surface area contributed by atoms with E-state index in [1.54, 1.807) is 11.0 Å². The average Bonchev–Trinajstić information content (AvgIpc) is 3.11. The highest BCUT2D eigenvalue weighted by atomic mass is 16.5. The predicted molar refractivity (Wildman–Crippen MR) is 130 cm³/mol. The van der Waals surface area contributed by atoms with E-state index in [1.165, 1.54) is 0 Å². The van der Waals surface area contributed by atoms with Crippen LogP contribution in [0.2, 0.25) is 0 Å². The fourth-order valence-corrected chi connectivity index (χ4v) is 4.47. The number of fused-ring (bicyclic) bond motifs is 2. The van der Waals surface area contributed by atoms with E-state index in [2.05, 4.69) is 25.7 Å². The van der Waals surface area contributed by atoms with Gasteiger partial charge in [0.1, 0.15) is 11.3 Å². The molecule has 0 saturated carbocycles. The molecule has 0 radical (unpaired) electrons. The van der Waals surface area contributed by atoms with E-state index >= 15 is 0 Å². The smallest absolute Gasteiger partial charge is 0.290 e. The molecule has 0 saturated heterocycles. The Hall–Kier alpha value is -3.12. The van der Waals surface area contributed by atoms with Crippen molar-refractivity contribution in [2.45, 2.75) is 40.2 Å². The van der Waals surface area contributed by atoms with Gasteiger partial charge in [-0.15, -0.1) is 0 Å². The Bertz CT molecular complexity index is 1200. The third-order valence-corrected chi connectivity index (χ3v) is 6.34. The topological polar surface area (TPSA) is 63.0 Å². The van der Waals surface area contributed by atoms with Gasteiger partial charge in [-0.25, -0.2) is 0 Å². The van der Waals surface area contributed by atoms with Crippen molar-refractivity contribution in [3.8, 4) is 5.75 Å². The molecule has 0 bridgehead atoms. The van der Waals surface area contributed by atoms with Gasteiger partial charge < -0.3 is 19.0 Å². The minimum atomic E-state index is -0.482. The average molecular weight is 449 g/mol. The van der Waals surface area contributed by atoms with Crippen LogP contribution in [0, 0.1) is 6.92 Å². The summed E-state index contributed by atoms with van der Waals surface area (Å²) in [4.78, 5) is 31.2. The Morgan fingerprint density at radius 1 is 1.03 bits per heavy atom. The molecule has 0 fully saturated rings. The Morgan fingerprint density at radius 3 is 2.42 bits per heavy atom. The zero-order valence-corrected chi connectivity index (χ0v) is 19.9. The van der Waals surface area contributed by atoms with Gasteiger partial charge in [-0.3, -0.25) is 9.59 Å². The lowest BCUT2D eigenvalue weighted by Crippen LogP contribution is -2.37. The molecule has 0 spiro atoms. The number of amides is 1. The SMILES string of the molecule is CCCOc1ccc([C@H]2c3c(oc4ccc(C)cc4c3=O)C(=O)N2CCN(CC)CC)cc1. The second-order valence-electron chi connectivity index (χ2n) is 8.52. The number of hydrogen-bond donors (Lipinski definition) is 0. The first kappa shape index (κ1) is 23.1. The van der Waals surface area contributed by atoms with Gasteiger partial charge in [0.05, 0.1) is 23.6 Å². The third kappa shape index (κ3) is 4.40. The number of likely N-dealkylation sites (N-methyl/N-ethyl adjacent to an activating group) is 1. The summed E-state index contributed by atoms with van der Waals surface area (Å²) in [6, 6.07) is 12.7. The van der Waals surface area contributed by atoms with E-state index in [-0.39, 0.29) is 17.1 Å². The van der Waals surface area contributed by atoms with Crippen LogP contribution in [-0.4, -0.2) is 48.5 Å². The lowest BCUT2D eigenvalue weighted by molar-refractivity contribution is 0.0708. The minimum Gasteiger partial charge on any atom is -0.494 e. The summed E-state index contributed by atoms with van der Waals surface area (Å²) in [5, 5.41) is 0.514.